The van der Waals surface area contributed by atoms with Crippen LogP contribution in [0.3, 0.4) is 0 Å². The van der Waals surface area contributed by atoms with Gasteiger partial charge in [-0.15, -0.1) is 0 Å². The Bertz CT molecular complexity index is 837. The fourth-order valence-corrected chi connectivity index (χ4v) is 3.01. The molecule has 5 atom stereocenters. The second-order valence-electron chi connectivity index (χ2n) is 6.63. The molecular formula is C18H20F3NO10. The molecule has 0 saturated carbocycles. The van der Waals surface area contributed by atoms with E-state index in [9.17, 15) is 32.3 Å². The number of carbonyl (C=O) groups is 4. The molecule has 2 aliphatic rings. The zero-order valence-corrected chi connectivity index (χ0v) is 17.3. The van der Waals surface area contributed by atoms with Crippen LogP contribution in [0.25, 0.3) is 0 Å². The molecule has 0 radical (unpaired) electrons. The molecule has 0 fully saturated rings. The summed E-state index contributed by atoms with van der Waals surface area (Å²) < 4.78 is 69.4. The van der Waals surface area contributed by atoms with Crippen molar-refractivity contribution in [1.82, 2.24) is 0 Å². The van der Waals surface area contributed by atoms with Gasteiger partial charge in [-0.1, -0.05) is 0 Å². The lowest BCUT2D eigenvalue weighted by Gasteiger charge is -2.37. The van der Waals surface area contributed by atoms with Gasteiger partial charge in [0.15, 0.2) is 18.3 Å². The minimum absolute atomic E-state index is 0.538. The molecule has 0 aliphatic carbocycles. The molecule has 0 aromatic heterocycles. The van der Waals surface area contributed by atoms with E-state index in [4.69, 9.17) is 23.7 Å². The van der Waals surface area contributed by atoms with E-state index in [1.165, 1.54) is 0 Å². The topological polar surface area (TPSA) is 136 Å². The smallest absolute Gasteiger partial charge is 0.468 e. The van der Waals surface area contributed by atoms with Gasteiger partial charge in [-0.3, -0.25) is 14.4 Å². The molecule has 0 aromatic rings. The first kappa shape index (κ1) is 24.9. The average molecular weight is 467 g/mol. The number of fused-ring (bicyclic) bond motifs is 1. The van der Waals surface area contributed by atoms with Gasteiger partial charge in [0.05, 0.1) is 7.11 Å². The summed E-state index contributed by atoms with van der Waals surface area (Å²) in [4.78, 5) is 50.0. The van der Waals surface area contributed by atoms with Crippen LogP contribution in [-0.2, 0) is 47.6 Å². The summed E-state index contributed by atoms with van der Waals surface area (Å²) >= 11 is 0. The molecule has 0 amide bonds. The maximum absolute atomic E-state index is 13.2. The Labute approximate surface area is 179 Å². The fraction of sp³-hybridized carbons (Fsp3) is 0.611. The highest BCUT2D eigenvalue weighted by Crippen LogP contribution is 2.35. The third-order valence-corrected chi connectivity index (χ3v) is 4.16. The largest absolute Gasteiger partial charge is 0.477 e. The first-order chi connectivity index (χ1) is 14.8. The van der Waals surface area contributed by atoms with Crippen molar-refractivity contribution >= 4 is 29.8 Å². The lowest BCUT2D eigenvalue weighted by Crippen LogP contribution is -2.54. The van der Waals surface area contributed by atoms with Crippen LogP contribution >= 0.6 is 0 Å². The van der Waals surface area contributed by atoms with Crippen LogP contribution in [-0.4, -0.2) is 80.1 Å². The van der Waals surface area contributed by atoms with Crippen molar-refractivity contribution in [3.8, 4) is 0 Å². The summed E-state index contributed by atoms with van der Waals surface area (Å²) in [5.41, 5.74) is 0. The summed E-state index contributed by atoms with van der Waals surface area (Å²) in [5.74, 6) is -5.76. The minimum atomic E-state index is -4.95. The molecule has 178 valence electrons. The number of aliphatic imine (C=N–C) groups is 1. The summed E-state index contributed by atoms with van der Waals surface area (Å²) in [6.07, 6.45) is -10.2. The normalized spacial score (nSPS) is 23.8. The van der Waals surface area contributed by atoms with E-state index < -0.39 is 78.8 Å². The second kappa shape index (κ2) is 9.87. The summed E-state index contributed by atoms with van der Waals surface area (Å²) in [5, 5.41) is 0. The van der Waals surface area contributed by atoms with E-state index in [0.717, 1.165) is 34.0 Å². The van der Waals surface area contributed by atoms with Crippen molar-refractivity contribution in [2.45, 2.75) is 57.4 Å². The van der Waals surface area contributed by atoms with E-state index in [2.05, 4.69) is 9.73 Å². The summed E-state index contributed by atoms with van der Waals surface area (Å²) in [6, 6.07) is -1.46. The quantitative estimate of drug-likeness (QED) is 0.387. The Morgan fingerprint density at radius 3 is 2.19 bits per heavy atom. The van der Waals surface area contributed by atoms with Crippen LogP contribution in [0.1, 0.15) is 20.8 Å². The predicted octanol–water partition coefficient (Wildman–Crippen LogP) is 0.597. The van der Waals surface area contributed by atoms with Crippen molar-refractivity contribution in [1.29, 1.82) is 0 Å². The van der Waals surface area contributed by atoms with E-state index in [1.54, 1.807) is 0 Å². The van der Waals surface area contributed by atoms with E-state index in [-0.39, 0.29) is 0 Å². The third-order valence-electron chi connectivity index (χ3n) is 4.16. The molecule has 2 aliphatic heterocycles. The molecule has 0 spiro atoms. The van der Waals surface area contributed by atoms with E-state index >= 15 is 0 Å². The Morgan fingerprint density at radius 2 is 1.69 bits per heavy atom. The van der Waals surface area contributed by atoms with Crippen LogP contribution in [0.2, 0.25) is 0 Å². The summed E-state index contributed by atoms with van der Waals surface area (Å²) in [7, 11) is 1.01. The molecule has 0 bridgehead atoms. The van der Waals surface area contributed by atoms with Crippen molar-refractivity contribution in [3.63, 3.8) is 0 Å². The van der Waals surface area contributed by atoms with Gasteiger partial charge in [0.2, 0.25) is 5.76 Å². The number of alkyl halides is 3. The molecule has 2 rings (SSSR count). The Balaban J connectivity index is 2.51. The first-order valence-electron chi connectivity index (χ1n) is 9.09. The summed E-state index contributed by atoms with van der Waals surface area (Å²) in [6.45, 7) is 2.42. The van der Waals surface area contributed by atoms with Crippen LogP contribution < -0.4 is 0 Å². The standard InChI is InChI=1S/C18H20F3NO10/c1-7(23)28-6-12(29-8(2)24)14(30-9(3)25)15-13-10(5-11(31-15)16(26)27-4)32-17(22-13)18(19,20)21/h5,10,12-15H,6H2,1-4H3/t10-,12-,13-,14-,15-/m1/s1. The van der Waals surface area contributed by atoms with Gasteiger partial charge >= 0.3 is 30.1 Å². The first-order valence-corrected chi connectivity index (χ1v) is 9.09. The predicted molar refractivity (Wildman–Crippen MR) is 94.9 cm³/mol. The fourth-order valence-electron chi connectivity index (χ4n) is 3.01. The Morgan fingerprint density at radius 1 is 1.06 bits per heavy atom. The number of ether oxygens (including phenoxy) is 6. The van der Waals surface area contributed by atoms with Crippen LogP contribution in [0.15, 0.2) is 16.8 Å². The van der Waals surface area contributed by atoms with Crippen molar-refractivity contribution in [3.05, 3.63) is 11.8 Å². The Kier molecular flexibility index (Phi) is 7.69. The molecule has 2 heterocycles. The molecule has 0 N–H and O–H groups in total. The van der Waals surface area contributed by atoms with Crippen molar-refractivity contribution < 1.29 is 60.8 Å². The highest BCUT2D eigenvalue weighted by molar-refractivity contribution is 5.88. The number of hydrogen-bond acceptors (Lipinski definition) is 11. The number of rotatable bonds is 7. The second-order valence-corrected chi connectivity index (χ2v) is 6.63. The van der Waals surface area contributed by atoms with Crippen LogP contribution in [0, 0.1) is 0 Å². The number of halogens is 3. The van der Waals surface area contributed by atoms with Gasteiger partial charge in [-0.25, -0.2) is 9.79 Å². The number of methoxy groups -OCH3 is 1. The SMILES string of the molecule is COC(=O)C1=C[C@H]2OC(C(F)(F)F)=N[C@H]2[C@H]([C@H](OC(C)=O)[C@@H](COC(C)=O)OC(C)=O)O1. The molecule has 0 aromatic carbocycles. The molecule has 0 unspecified atom stereocenters. The average Bonchev–Trinajstić information content (AvgIpc) is 3.12. The maximum Gasteiger partial charge on any atom is 0.468 e. The molecule has 0 saturated heterocycles. The maximum atomic E-state index is 13.2. The van der Waals surface area contributed by atoms with Gasteiger partial charge in [-0.2, -0.15) is 13.2 Å². The van der Waals surface area contributed by atoms with Gasteiger partial charge in [0, 0.05) is 26.8 Å². The van der Waals surface area contributed by atoms with Crippen molar-refractivity contribution in [2.24, 2.45) is 4.99 Å². The number of carbonyl (C=O) groups excluding carboxylic acids is 4. The third kappa shape index (κ3) is 6.11. The lowest BCUT2D eigenvalue weighted by atomic mass is 9.94. The number of esters is 4. The minimum Gasteiger partial charge on any atom is -0.477 e. The zero-order valence-electron chi connectivity index (χ0n) is 17.3. The van der Waals surface area contributed by atoms with Crippen LogP contribution in [0.4, 0.5) is 13.2 Å². The van der Waals surface area contributed by atoms with Crippen molar-refractivity contribution in [2.75, 3.05) is 13.7 Å². The number of nitrogens with zero attached hydrogens (tertiary/aromatic N) is 1. The van der Waals surface area contributed by atoms with Gasteiger partial charge in [0.1, 0.15) is 18.8 Å². The molecule has 32 heavy (non-hydrogen) atoms. The highest BCUT2D eigenvalue weighted by Gasteiger charge is 2.54. The van der Waals surface area contributed by atoms with E-state index in [0.29, 0.717) is 0 Å². The lowest BCUT2D eigenvalue weighted by molar-refractivity contribution is -0.188. The van der Waals surface area contributed by atoms with Crippen LogP contribution in [0.5, 0.6) is 0 Å². The molecular weight excluding hydrogens is 447 g/mol. The highest BCUT2D eigenvalue weighted by atomic mass is 19.4. The number of hydrogen-bond donors (Lipinski definition) is 0. The van der Waals surface area contributed by atoms with Gasteiger partial charge < -0.3 is 28.4 Å². The van der Waals surface area contributed by atoms with Gasteiger partial charge in [0.25, 0.3) is 5.90 Å². The molecule has 11 nitrogen and oxygen atoms in total. The van der Waals surface area contributed by atoms with Gasteiger partial charge in [-0.05, 0) is 0 Å². The molecule has 14 heteroatoms. The monoisotopic (exact) mass is 467 g/mol. The zero-order chi connectivity index (χ0) is 24.2. The Hall–Kier alpha value is -3.32. The van der Waals surface area contributed by atoms with E-state index in [1.807, 2.05) is 0 Å².